The Labute approximate surface area is 106 Å². The molecule has 2 heteroatoms. The predicted octanol–water partition coefficient (Wildman–Crippen LogP) is 2.55. The number of rotatable bonds is 9. The molecule has 0 aliphatic rings. The van der Waals surface area contributed by atoms with Crippen molar-refractivity contribution in [2.75, 3.05) is 32.7 Å². The zero-order chi connectivity index (χ0) is 12.3. The second kappa shape index (κ2) is 9.20. The Bertz CT molecular complexity index is 272. The fourth-order valence-electron chi connectivity index (χ4n) is 1.98. The summed E-state index contributed by atoms with van der Waals surface area (Å²) in [4.78, 5) is 2.50. The minimum atomic E-state index is 1.08. The van der Waals surface area contributed by atoms with E-state index in [1.165, 1.54) is 25.1 Å². The highest BCUT2D eigenvalue weighted by molar-refractivity contribution is 5.14. The second-order valence-corrected chi connectivity index (χ2v) is 4.42. The zero-order valence-electron chi connectivity index (χ0n) is 11.3. The van der Waals surface area contributed by atoms with Crippen molar-refractivity contribution in [2.45, 2.75) is 26.7 Å². The van der Waals surface area contributed by atoms with Crippen LogP contribution in [0.1, 0.15) is 25.8 Å². The molecule has 1 aromatic carbocycles. The third-order valence-corrected chi connectivity index (χ3v) is 3.03. The van der Waals surface area contributed by atoms with Crippen LogP contribution in [0.5, 0.6) is 0 Å². The zero-order valence-corrected chi connectivity index (χ0v) is 11.3. The van der Waals surface area contributed by atoms with Gasteiger partial charge in [-0.1, -0.05) is 44.2 Å². The van der Waals surface area contributed by atoms with Crippen LogP contribution in [0.25, 0.3) is 0 Å². The van der Waals surface area contributed by atoms with Gasteiger partial charge in [0.25, 0.3) is 0 Å². The molecule has 1 aromatic rings. The highest BCUT2D eigenvalue weighted by Gasteiger charge is 1.99. The van der Waals surface area contributed by atoms with Crippen molar-refractivity contribution in [1.29, 1.82) is 0 Å². The predicted molar refractivity (Wildman–Crippen MR) is 75.4 cm³/mol. The maximum atomic E-state index is 3.52. The van der Waals surface area contributed by atoms with E-state index in [0.717, 1.165) is 26.1 Å². The van der Waals surface area contributed by atoms with E-state index in [1.54, 1.807) is 0 Å². The van der Waals surface area contributed by atoms with Crippen LogP contribution in [0, 0.1) is 0 Å². The molecule has 0 heterocycles. The van der Waals surface area contributed by atoms with Crippen LogP contribution in [-0.4, -0.2) is 37.6 Å². The largest absolute Gasteiger partial charge is 0.315 e. The first-order chi connectivity index (χ1) is 8.36. The summed E-state index contributed by atoms with van der Waals surface area (Å²) in [5.74, 6) is 0. The molecular weight excluding hydrogens is 208 g/mol. The Morgan fingerprint density at radius 1 is 1.00 bits per heavy atom. The Morgan fingerprint density at radius 2 is 1.76 bits per heavy atom. The number of benzene rings is 1. The summed E-state index contributed by atoms with van der Waals surface area (Å²) < 4.78 is 0. The van der Waals surface area contributed by atoms with Crippen LogP contribution in [0.4, 0.5) is 0 Å². The molecule has 1 N–H and O–H groups in total. The minimum absolute atomic E-state index is 1.08. The van der Waals surface area contributed by atoms with Crippen molar-refractivity contribution in [1.82, 2.24) is 10.2 Å². The molecule has 0 saturated carbocycles. The van der Waals surface area contributed by atoms with Crippen LogP contribution in [-0.2, 0) is 6.42 Å². The first kappa shape index (κ1) is 14.2. The van der Waals surface area contributed by atoms with Gasteiger partial charge in [-0.2, -0.15) is 0 Å². The van der Waals surface area contributed by atoms with Crippen molar-refractivity contribution in [3.8, 4) is 0 Å². The molecule has 0 aliphatic heterocycles. The molecule has 0 bridgehead atoms. The molecule has 0 spiro atoms. The third kappa shape index (κ3) is 6.44. The average Bonchev–Trinajstić information content (AvgIpc) is 2.38. The lowest BCUT2D eigenvalue weighted by molar-refractivity contribution is 0.288. The normalized spacial score (nSPS) is 11.0. The Hall–Kier alpha value is -0.860. The molecule has 0 aromatic heterocycles. The van der Waals surface area contributed by atoms with Gasteiger partial charge in [0.05, 0.1) is 0 Å². The molecule has 0 fully saturated rings. The first-order valence-electron chi connectivity index (χ1n) is 6.83. The highest BCUT2D eigenvalue weighted by atomic mass is 15.1. The van der Waals surface area contributed by atoms with Crippen molar-refractivity contribution in [3.63, 3.8) is 0 Å². The molecule has 0 atom stereocenters. The van der Waals surface area contributed by atoms with E-state index in [2.05, 4.69) is 54.4 Å². The van der Waals surface area contributed by atoms with Crippen LogP contribution >= 0.6 is 0 Å². The van der Waals surface area contributed by atoms with Gasteiger partial charge in [-0.15, -0.1) is 0 Å². The van der Waals surface area contributed by atoms with E-state index < -0.39 is 0 Å². The Balaban J connectivity index is 2.04. The lowest BCUT2D eigenvalue weighted by Gasteiger charge is -2.19. The molecular formula is C15H26N2. The molecule has 1 rings (SSSR count). The topological polar surface area (TPSA) is 15.3 Å². The van der Waals surface area contributed by atoms with E-state index in [4.69, 9.17) is 0 Å². The second-order valence-electron chi connectivity index (χ2n) is 4.42. The van der Waals surface area contributed by atoms with Gasteiger partial charge >= 0.3 is 0 Å². The van der Waals surface area contributed by atoms with Crippen molar-refractivity contribution < 1.29 is 0 Å². The van der Waals surface area contributed by atoms with Crippen LogP contribution in [0.3, 0.4) is 0 Å². The van der Waals surface area contributed by atoms with E-state index in [-0.39, 0.29) is 0 Å². The summed E-state index contributed by atoms with van der Waals surface area (Å²) in [5.41, 5.74) is 1.42. The molecule has 0 radical (unpaired) electrons. The van der Waals surface area contributed by atoms with Gasteiger partial charge in [0, 0.05) is 13.1 Å². The average molecular weight is 234 g/mol. The molecule has 17 heavy (non-hydrogen) atoms. The molecule has 0 saturated heterocycles. The maximum absolute atomic E-state index is 3.52. The van der Waals surface area contributed by atoms with E-state index in [0.29, 0.717) is 0 Å². The number of likely N-dealkylation sites (N-methyl/N-ethyl adjacent to an activating group) is 1. The van der Waals surface area contributed by atoms with Gasteiger partial charge in [-0.25, -0.2) is 0 Å². The number of nitrogens with one attached hydrogen (secondary N) is 1. The summed E-state index contributed by atoms with van der Waals surface area (Å²) in [6.07, 6.45) is 2.37. The standard InChI is InChI=1S/C15H26N2/c1-3-13-17(4-2)14-12-16-11-10-15-8-6-5-7-9-15/h5-9,16H,3-4,10-14H2,1-2H3. The van der Waals surface area contributed by atoms with Crippen molar-refractivity contribution in [2.24, 2.45) is 0 Å². The minimum Gasteiger partial charge on any atom is -0.315 e. The van der Waals surface area contributed by atoms with Gasteiger partial charge in [0.2, 0.25) is 0 Å². The van der Waals surface area contributed by atoms with Gasteiger partial charge in [-0.3, -0.25) is 0 Å². The van der Waals surface area contributed by atoms with Crippen molar-refractivity contribution >= 4 is 0 Å². The Morgan fingerprint density at radius 3 is 2.41 bits per heavy atom. The van der Waals surface area contributed by atoms with Gasteiger partial charge in [-0.05, 0) is 38.0 Å². The molecule has 0 aliphatic carbocycles. The first-order valence-corrected chi connectivity index (χ1v) is 6.83. The fraction of sp³-hybridized carbons (Fsp3) is 0.600. The Kier molecular flexibility index (Phi) is 7.69. The lowest BCUT2D eigenvalue weighted by Crippen LogP contribution is -2.33. The molecule has 96 valence electrons. The van der Waals surface area contributed by atoms with Crippen LogP contribution in [0.15, 0.2) is 30.3 Å². The highest BCUT2D eigenvalue weighted by Crippen LogP contribution is 1.98. The summed E-state index contributed by atoms with van der Waals surface area (Å²) in [6.45, 7) is 10.2. The quantitative estimate of drug-likeness (QED) is 0.661. The lowest BCUT2D eigenvalue weighted by atomic mass is 10.1. The van der Waals surface area contributed by atoms with Crippen LogP contribution in [0.2, 0.25) is 0 Å². The van der Waals surface area contributed by atoms with E-state index in [9.17, 15) is 0 Å². The van der Waals surface area contributed by atoms with Gasteiger partial charge in [0.15, 0.2) is 0 Å². The molecule has 0 unspecified atom stereocenters. The SMILES string of the molecule is CCCN(CC)CCNCCc1ccccc1. The smallest absolute Gasteiger partial charge is 0.0107 e. The number of hydrogen-bond donors (Lipinski definition) is 1. The molecule has 0 amide bonds. The summed E-state index contributed by atoms with van der Waals surface area (Å²) in [7, 11) is 0. The van der Waals surface area contributed by atoms with E-state index >= 15 is 0 Å². The van der Waals surface area contributed by atoms with E-state index in [1.807, 2.05) is 0 Å². The summed E-state index contributed by atoms with van der Waals surface area (Å²) >= 11 is 0. The van der Waals surface area contributed by atoms with Crippen molar-refractivity contribution in [3.05, 3.63) is 35.9 Å². The fourth-order valence-corrected chi connectivity index (χ4v) is 1.98. The molecule has 2 nitrogen and oxygen atoms in total. The maximum Gasteiger partial charge on any atom is 0.0107 e. The number of nitrogens with zero attached hydrogens (tertiary/aromatic N) is 1. The third-order valence-electron chi connectivity index (χ3n) is 3.03. The van der Waals surface area contributed by atoms with Gasteiger partial charge in [0.1, 0.15) is 0 Å². The number of hydrogen-bond acceptors (Lipinski definition) is 2. The summed E-state index contributed by atoms with van der Waals surface area (Å²) in [6, 6.07) is 10.7. The summed E-state index contributed by atoms with van der Waals surface area (Å²) in [5, 5.41) is 3.52. The van der Waals surface area contributed by atoms with Gasteiger partial charge < -0.3 is 10.2 Å². The monoisotopic (exact) mass is 234 g/mol. The van der Waals surface area contributed by atoms with Crippen LogP contribution < -0.4 is 5.32 Å².